The molecule has 80 valence electrons. The first kappa shape index (κ1) is 10.7. The molecule has 2 nitrogen and oxygen atoms in total. The predicted octanol–water partition coefficient (Wildman–Crippen LogP) is 3.14. The first-order chi connectivity index (χ1) is 7.74. The van der Waals surface area contributed by atoms with Gasteiger partial charge in [0.05, 0.1) is 0 Å². The number of benzene rings is 1. The van der Waals surface area contributed by atoms with Crippen molar-refractivity contribution < 1.29 is 4.73 Å². The number of rotatable bonds is 2. The number of hydrogen-bond donors (Lipinski definition) is 0. The highest BCUT2D eigenvalue weighted by Crippen LogP contribution is 2.12. The second kappa shape index (κ2) is 4.81. The van der Waals surface area contributed by atoms with Crippen molar-refractivity contribution in [2.75, 3.05) is 0 Å². The minimum Gasteiger partial charge on any atom is -0.619 e. The molecule has 0 radical (unpaired) electrons. The minimum atomic E-state index is 0.726. The molecule has 0 aliphatic rings. The molecule has 1 heterocycles. The van der Waals surface area contributed by atoms with Gasteiger partial charge in [0.2, 0.25) is 0 Å². The number of hydrogen-bond acceptors (Lipinski definition) is 1. The summed E-state index contributed by atoms with van der Waals surface area (Å²) in [7, 11) is 0. The lowest BCUT2D eigenvalue weighted by molar-refractivity contribution is -0.605. The predicted molar refractivity (Wildman–Crippen MR) is 65.8 cm³/mol. The zero-order valence-electron chi connectivity index (χ0n) is 8.51. The van der Waals surface area contributed by atoms with Gasteiger partial charge in [0.15, 0.2) is 12.4 Å². The Labute approximate surface area is 99.0 Å². The summed E-state index contributed by atoms with van der Waals surface area (Å²) in [5, 5.41) is 11.5. The molecule has 0 fully saturated rings. The van der Waals surface area contributed by atoms with E-state index >= 15 is 0 Å². The Hall–Kier alpha value is -1.80. The van der Waals surface area contributed by atoms with Crippen LogP contribution in [0, 0.1) is 5.21 Å². The van der Waals surface area contributed by atoms with Crippen LogP contribution in [0.25, 0.3) is 12.2 Å². The van der Waals surface area contributed by atoms with Crippen molar-refractivity contribution in [1.29, 1.82) is 0 Å². The molecule has 0 spiro atoms. The van der Waals surface area contributed by atoms with E-state index in [1.807, 2.05) is 36.4 Å². The molecule has 0 bridgehead atoms. The standard InChI is InChI=1S/C13H10ClNO/c14-13-5-3-11(4-6-13)1-2-12-7-9-15(16)10-8-12/h1-10H. The minimum absolute atomic E-state index is 0.726. The maximum Gasteiger partial charge on any atom is 0.180 e. The van der Waals surface area contributed by atoms with E-state index in [1.165, 1.54) is 12.4 Å². The van der Waals surface area contributed by atoms with Crippen molar-refractivity contribution >= 4 is 23.8 Å². The summed E-state index contributed by atoms with van der Waals surface area (Å²) in [6, 6.07) is 11.1. The lowest BCUT2D eigenvalue weighted by atomic mass is 10.1. The van der Waals surface area contributed by atoms with Crippen LogP contribution in [0.15, 0.2) is 48.8 Å². The largest absolute Gasteiger partial charge is 0.619 e. The molecule has 2 rings (SSSR count). The summed E-state index contributed by atoms with van der Waals surface area (Å²) < 4.78 is 0.764. The van der Waals surface area contributed by atoms with Crippen LogP contribution >= 0.6 is 11.6 Å². The Morgan fingerprint density at radius 1 is 0.875 bits per heavy atom. The lowest BCUT2D eigenvalue weighted by Gasteiger charge is -1.96. The van der Waals surface area contributed by atoms with Crippen molar-refractivity contribution in [3.63, 3.8) is 0 Å². The van der Waals surface area contributed by atoms with Gasteiger partial charge in [0.1, 0.15) is 0 Å². The Bertz CT molecular complexity index is 441. The third-order valence-corrected chi connectivity index (χ3v) is 2.42. The van der Waals surface area contributed by atoms with Gasteiger partial charge in [-0.05, 0) is 23.3 Å². The van der Waals surface area contributed by atoms with Crippen LogP contribution in [0.3, 0.4) is 0 Å². The molecule has 0 atom stereocenters. The van der Waals surface area contributed by atoms with E-state index in [1.54, 1.807) is 12.1 Å². The molecule has 0 aliphatic heterocycles. The first-order valence-electron chi connectivity index (χ1n) is 4.86. The van der Waals surface area contributed by atoms with E-state index < -0.39 is 0 Å². The fourth-order valence-electron chi connectivity index (χ4n) is 1.30. The van der Waals surface area contributed by atoms with Gasteiger partial charge in [-0.25, -0.2) is 0 Å². The second-order valence-corrected chi connectivity index (χ2v) is 3.81. The molecule has 3 heteroatoms. The number of nitrogens with zero attached hydrogens (tertiary/aromatic N) is 1. The summed E-state index contributed by atoms with van der Waals surface area (Å²) in [4.78, 5) is 0. The van der Waals surface area contributed by atoms with Gasteiger partial charge >= 0.3 is 0 Å². The molecular formula is C13H10ClNO. The fourth-order valence-corrected chi connectivity index (χ4v) is 1.43. The van der Waals surface area contributed by atoms with E-state index in [-0.39, 0.29) is 0 Å². The van der Waals surface area contributed by atoms with Crippen LogP contribution < -0.4 is 4.73 Å². The van der Waals surface area contributed by atoms with E-state index in [0.29, 0.717) is 0 Å². The van der Waals surface area contributed by atoms with E-state index in [9.17, 15) is 5.21 Å². The summed E-state index contributed by atoms with van der Waals surface area (Å²) in [5.74, 6) is 0. The van der Waals surface area contributed by atoms with Gasteiger partial charge in [-0.15, -0.1) is 0 Å². The van der Waals surface area contributed by atoms with Gasteiger partial charge in [-0.2, -0.15) is 4.73 Å². The smallest absolute Gasteiger partial charge is 0.180 e. The third kappa shape index (κ3) is 2.84. The highest BCUT2D eigenvalue weighted by atomic mass is 35.5. The molecule has 0 unspecified atom stereocenters. The zero-order valence-corrected chi connectivity index (χ0v) is 9.26. The van der Waals surface area contributed by atoms with Crippen molar-refractivity contribution in [1.82, 2.24) is 0 Å². The number of aromatic nitrogens is 1. The number of pyridine rings is 1. The maximum absolute atomic E-state index is 10.8. The first-order valence-corrected chi connectivity index (χ1v) is 5.24. The van der Waals surface area contributed by atoms with Gasteiger partial charge in [0.25, 0.3) is 0 Å². The second-order valence-electron chi connectivity index (χ2n) is 3.38. The zero-order chi connectivity index (χ0) is 11.4. The molecule has 0 saturated carbocycles. The molecule has 1 aromatic heterocycles. The topological polar surface area (TPSA) is 26.9 Å². The Morgan fingerprint density at radius 2 is 1.38 bits per heavy atom. The molecule has 0 aliphatic carbocycles. The molecule has 1 aromatic carbocycles. The van der Waals surface area contributed by atoms with E-state index in [0.717, 1.165) is 20.9 Å². The summed E-state index contributed by atoms with van der Waals surface area (Å²) in [6.07, 6.45) is 6.87. The molecule has 0 saturated heterocycles. The van der Waals surface area contributed by atoms with Crippen LogP contribution in [-0.4, -0.2) is 0 Å². The van der Waals surface area contributed by atoms with Crippen molar-refractivity contribution in [2.24, 2.45) is 0 Å². The van der Waals surface area contributed by atoms with Crippen molar-refractivity contribution in [3.8, 4) is 0 Å². The van der Waals surface area contributed by atoms with Crippen LogP contribution in [0.2, 0.25) is 5.02 Å². The number of halogens is 1. The van der Waals surface area contributed by atoms with Gasteiger partial charge in [-0.3, -0.25) is 0 Å². The Balaban J connectivity index is 2.15. The molecule has 16 heavy (non-hydrogen) atoms. The fraction of sp³-hybridized carbons (Fsp3) is 0. The quantitative estimate of drug-likeness (QED) is 0.576. The third-order valence-electron chi connectivity index (χ3n) is 2.17. The van der Waals surface area contributed by atoms with Crippen LogP contribution in [0.1, 0.15) is 11.1 Å². The van der Waals surface area contributed by atoms with Gasteiger partial charge in [-0.1, -0.05) is 35.9 Å². The van der Waals surface area contributed by atoms with Crippen LogP contribution in [0.5, 0.6) is 0 Å². The van der Waals surface area contributed by atoms with E-state index in [2.05, 4.69) is 0 Å². The Morgan fingerprint density at radius 3 is 1.94 bits per heavy atom. The van der Waals surface area contributed by atoms with Gasteiger partial charge in [0, 0.05) is 17.2 Å². The Kier molecular flexibility index (Phi) is 3.22. The molecule has 0 amide bonds. The molecule has 2 aromatic rings. The average Bonchev–Trinajstić information content (AvgIpc) is 2.30. The van der Waals surface area contributed by atoms with Crippen molar-refractivity contribution in [3.05, 3.63) is 70.1 Å². The van der Waals surface area contributed by atoms with Crippen LogP contribution in [0.4, 0.5) is 0 Å². The highest BCUT2D eigenvalue weighted by molar-refractivity contribution is 6.30. The molecular weight excluding hydrogens is 222 g/mol. The summed E-state index contributed by atoms with van der Waals surface area (Å²) in [6.45, 7) is 0. The maximum atomic E-state index is 10.8. The average molecular weight is 232 g/mol. The summed E-state index contributed by atoms with van der Waals surface area (Å²) >= 11 is 5.78. The van der Waals surface area contributed by atoms with E-state index in [4.69, 9.17) is 11.6 Å². The summed E-state index contributed by atoms with van der Waals surface area (Å²) in [5.41, 5.74) is 2.06. The lowest BCUT2D eigenvalue weighted by Crippen LogP contribution is -2.23. The SMILES string of the molecule is [O-][n+]1ccc(C=Cc2ccc(Cl)cc2)cc1. The monoisotopic (exact) mass is 231 g/mol. The molecule has 0 N–H and O–H groups in total. The normalized spacial score (nSPS) is 10.8. The van der Waals surface area contributed by atoms with Gasteiger partial charge < -0.3 is 5.21 Å². The highest BCUT2D eigenvalue weighted by Gasteiger charge is 1.91. The van der Waals surface area contributed by atoms with Crippen LogP contribution in [-0.2, 0) is 0 Å². The van der Waals surface area contributed by atoms with Crippen molar-refractivity contribution in [2.45, 2.75) is 0 Å².